The van der Waals surface area contributed by atoms with Crippen molar-refractivity contribution in [1.82, 2.24) is 8.87 Å². The monoisotopic (exact) mass is 395 g/mol. The Hall–Kier alpha value is -3.18. The molecule has 0 unspecified atom stereocenters. The summed E-state index contributed by atoms with van der Waals surface area (Å²) in [5.41, 5.74) is 0.249. The average molecular weight is 395 g/mol. The number of hydrogen-bond donors (Lipinski definition) is 3. The predicted octanol–water partition coefficient (Wildman–Crippen LogP) is 0.452. The van der Waals surface area contributed by atoms with Crippen molar-refractivity contribution >= 4 is 28.1 Å². The van der Waals surface area contributed by atoms with Gasteiger partial charge in [-0.05, 0) is 23.8 Å². The summed E-state index contributed by atoms with van der Waals surface area (Å²) in [6, 6.07) is 7.11. The van der Waals surface area contributed by atoms with Crippen molar-refractivity contribution in [1.29, 1.82) is 0 Å². The highest BCUT2D eigenvalue weighted by atomic mass is 32.2. The number of carboxylic acids is 2. The van der Waals surface area contributed by atoms with Crippen LogP contribution in [-0.2, 0) is 15.0 Å². The van der Waals surface area contributed by atoms with Crippen molar-refractivity contribution in [2.75, 3.05) is 13.6 Å². The Morgan fingerprint density at radius 1 is 1.11 bits per heavy atom. The molecule has 2 rings (SSSR count). The van der Waals surface area contributed by atoms with Crippen LogP contribution >= 0.6 is 0 Å². The van der Waals surface area contributed by atoms with Gasteiger partial charge in [-0.25, -0.2) is 13.9 Å². The average Bonchev–Trinajstić information content (AvgIpc) is 3.04. The van der Waals surface area contributed by atoms with Crippen molar-refractivity contribution in [2.45, 2.75) is 6.42 Å². The Bertz CT molecular complexity index is 994. The molecule has 4 N–H and O–H groups in total. The molecule has 0 aliphatic heterocycles. The van der Waals surface area contributed by atoms with Crippen LogP contribution in [0.25, 0.3) is 11.1 Å². The van der Waals surface area contributed by atoms with E-state index in [0.717, 1.165) is 6.20 Å². The molecule has 0 saturated heterocycles. The van der Waals surface area contributed by atoms with E-state index in [1.54, 1.807) is 0 Å². The fraction of sp³-hybridized carbons (Fsp3) is 0.188. The second-order valence-electron chi connectivity index (χ2n) is 5.67. The van der Waals surface area contributed by atoms with Gasteiger partial charge in [-0.15, -0.1) is 0 Å². The number of aliphatic carboxylic acids is 1. The molecule has 27 heavy (non-hydrogen) atoms. The van der Waals surface area contributed by atoms with E-state index in [1.165, 1.54) is 42.3 Å². The number of aromatic nitrogens is 1. The van der Waals surface area contributed by atoms with Gasteiger partial charge in [0.2, 0.25) is 0 Å². The van der Waals surface area contributed by atoms with Crippen molar-refractivity contribution in [3.05, 3.63) is 47.8 Å². The molecule has 1 amide bonds. The fourth-order valence-electron chi connectivity index (χ4n) is 2.45. The summed E-state index contributed by atoms with van der Waals surface area (Å²) in [6.07, 6.45) is 0.843. The third-order valence-electron chi connectivity index (χ3n) is 3.78. The van der Waals surface area contributed by atoms with Crippen LogP contribution in [-0.4, -0.2) is 58.9 Å². The van der Waals surface area contributed by atoms with Crippen LogP contribution in [0.4, 0.5) is 0 Å². The van der Waals surface area contributed by atoms with Crippen LogP contribution in [0.2, 0.25) is 0 Å². The number of carbonyl (C=O) groups is 3. The van der Waals surface area contributed by atoms with Gasteiger partial charge in [0.05, 0.1) is 6.42 Å². The normalized spacial score (nSPS) is 11.2. The maximum absolute atomic E-state index is 12.3. The van der Waals surface area contributed by atoms with E-state index in [9.17, 15) is 27.9 Å². The van der Waals surface area contributed by atoms with Gasteiger partial charge in [0.25, 0.3) is 5.91 Å². The number of benzene rings is 1. The summed E-state index contributed by atoms with van der Waals surface area (Å²) in [4.78, 5) is 35.6. The molecule has 1 aromatic carbocycles. The van der Waals surface area contributed by atoms with E-state index in [1.807, 2.05) is 0 Å². The molecule has 1 heterocycles. The first-order valence-corrected chi connectivity index (χ1v) is 9.08. The van der Waals surface area contributed by atoms with Crippen LogP contribution in [0.1, 0.15) is 27.3 Å². The van der Waals surface area contributed by atoms with Crippen molar-refractivity contribution in [2.24, 2.45) is 5.14 Å². The minimum absolute atomic E-state index is 0.0380. The highest BCUT2D eigenvalue weighted by Crippen LogP contribution is 2.26. The Balaban J connectivity index is 2.33. The Morgan fingerprint density at radius 3 is 2.19 bits per heavy atom. The van der Waals surface area contributed by atoms with Crippen LogP contribution in [0.3, 0.4) is 0 Å². The van der Waals surface area contributed by atoms with Gasteiger partial charge in [-0.2, -0.15) is 8.42 Å². The largest absolute Gasteiger partial charge is 0.481 e. The number of hydrogen-bond acceptors (Lipinski definition) is 5. The minimum Gasteiger partial charge on any atom is -0.481 e. The van der Waals surface area contributed by atoms with Crippen LogP contribution in [0, 0.1) is 0 Å². The molecule has 0 aliphatic rings. The molecule has 0 aliphatic carbocycles. The zero-order valence-electron chi connectivity index (χ0n) is 14.2. The molecule has 0 saturated carbocycles. The number of aromatic carboxylic acids is 1. The lowest BCUT2D eigenvalue weighted by atomic mass is 10.0. The fourth-order valence-corrected chi connectivity index (χ4v) is 3.11. The maximum Gasteiger partial charge on any atom is 0.354 e. The summed E-state index contributed by atoms with van der Waals surface area (Å²) in [5.74, 6) is -2.90. The van der Waals surface area contributed by atoms with Crippen molar-refractivity contribution in [3.63, 3.8) is 0 Å². The summed E-state index contributed by atoms with van der Waals surface area (Å²) >= 11 is 0. The Labute approximate surface area is 154 Å². The zero-order valence-corrected chi connectivity index (χ0v) is 15.0. The quantitative estimate of drug-likeness (QED) is 0.613. The molecule has 0 spiro atoms. The van der Waals surface area contributed by atoms with E-state index in [4.69, 9.17) is 10.2 Å². The summed E-state index contributed by atoms with van der Waals surface area (Å²) in [7, 11) is -2.82. The molecule has 0 bridgehead atoms. The van der Waals surface area contributed by atoms with Gasteiger partial charge < -0.3 is 15.1 Å². The summed E-state index contributed by atoms with van der Waals surface area (Å²) in [5, 5.41) is 23.0. The molecule has 0 fully saturated rings. The summed E-state index contributed by atoms with van der Waals surface area (Å²) in [6.45, 7) is 0.0380. The molecular weight excluding hydrogens is 378 g/mol. The number of nitrogens with two attached hydrogens (primary N) is 1. The smallest absolute Gasteiger partial charge is 0.354 e. The van der Waals surface area contributed by atoms with Crippen molar-refractivity contribution in [3.8, 4) is 11.1 Å². The molecule has 144 valence electrons. The van der Waals surface area contributed by atoms with E-state index in [2.05, 4.69) is 0 Å². The Kier molecular flexibility index (Phi) is 5.66. The van der Waals surface area contributed by atoms with Crippen molar-refractivity contribution < 1.29 is 33.0 Å². The standard InChI is InChI=1S/C16H17N3O7S/c1-18(8-7-13(20)21)15(22)11-4-2-10(3-5-11)12-6-9-19(27(17,25)26)14(12)16(23)24/h2-6,9H,7-8H2,1H3,(H,20,21)(H,23,24)(H2,17,25,26). The highest BCUT2D eigenvalue weighted by Gasteiger charge is 2.23. The molecule has 10 nitrogen and oxygen atoms in total. The lowest BCUT2D eigenvalue weighted by Gasteiger charge is -2.16. The number of rotatable bonds is 7. The number of carboxylic acid groups (broad SMARTS) is 2. The van der Waals surface area contributed by atoms with Gasteiger partial charge in [-0.3, -0.25) is 9.59 Å². The molecule has 0 atom stereocenters. The van der Waals surface area contributed by atoms with E-state index < -0.39 is 33.7 Å². The minimum atomic E-state index is -4.28. The lowest BCUT2D eigenvalue weighted by molar-refractivity contribution is -0.137. The SMILES string of the molecule is CN(CCC(=O)O)C(=O)c1ccc(-c2ccn(S(N)(=O)=O)c2C(=O)O)cc1. The molecular formula is C16H17N3O7S. The molecule has 11 heteroatoms. The highest BCUT2D eigenvalue weighted by molar-refractivity contribution is 7.87. The van der Waals surface area contributed by atoms with E-state index >= 15 is 0 Å². The maximum atomic E-state index is 12.3. The topological polar surface area (TPSA) is 160 Å². The van der Waals surface area contributed by atoms with Gasteiger partial charge >= 0.3 is 22.1 Å². The van der Waals surface area contributed by atoms with Crippen LogP contribution in [0.5, 0.6) is 0 Å². The second kappa shape index (κ2) is 7.60. The second-order valence-corrected chi connectivity index (χ2v) is 7.10. The van der Waals surface area contributed by atoms with Gasteiger partial charge in [-0.1, -0.05) is 12.1 Å². The van der Waals surface area contributed by atoms with Gasteiger partial charge in [0.1, 0.15) is 0 Å². The number of carbonyl (C=O) groups excluding carboxylic acids is 1. The molecule has 2 aromatic rings. The van der Waals surface area contributed by atoms with Crippen LogP contribution < -0.4 is 5.14 Å². The van der Waals surface area contributed by atoms with Gasteiger partial charge in [0, 0.05) is 30.9 Å². The first-order chi connectivity index (χ1) is 12.5. The number of amides is 1. The molecule has 1 aromatic heterocycles. The molecule has 0 radical (unpaired) electrons. The first kappa shape index (κ1) is 20.1. The van der Waals surface area contributed by atoms with E-state index in [-0.39, 0.29) is 24.1 Å². The first-order valence-electron chi connectivity index (χ1n) is 7.58. The zero-order chi connectivity index (χ0) is 20.4. The predicted molar refractivity (Wildman–Crippen MR) is 94.5 cm³/mol. The third kappa shape index (κ3) is 4.51. The lowest BCUT2D eigenvalue weighted by Crippen LogP contribution is -2.28. The van der Waals surface area contributed by atoms with Gasteiger partial charge in [0.15, 0.2) is 5.69 Å². The summed E-state index contributed by atoms with van der Waals surface area (Å²) < 4.78 is 23.5. The van der Waals surface area contributed by atoms with Crippen LogP contribution in [0.15, 0.2) is 36.5 Å². The van der Waals surface area contributed by atoms with E-state index in [0.29, 0.717) is 9.54 Å². The Morgan fingerprint density at radius 2 is 1.70 bits per heavy atom. The third-order valence-corrected chi connectivity index (χ3v) is 4.63. The number of nitrogens with zero attached hydrogens (tertiary/aromatic N) is 2.